The molecule has 0 saturated carbocycles. The SMILES string of the molecule is C[C@@H](O)C[C@@H](CO)Nc1cc(N2CCc3c(cnn3Cc3c(F)cccc3Cl)C2=O)c(F)cn1. The molecule has 1 aromatic carbocycles. The van der Waals surface area contributed by atoms with E-state index in [4.69, 9.17) is 11.6 Å². The molecule has 2 aromatic heterocycles. The molecule has 3 aromatic rings. The van der Waals surface area contributed by atoms with Crippen molar-refractivity contribution in [2.75, 3.05) is 23.4 Å². The highest BCUT2D eigenvalue weighted by molar-refractivity contribution is 6.31. The maximum absolute atomic E-state index is 14.7. The van der Waals surface area contributed by atoms with Crippen molar-refractivity contribution in [1.29, 1.82) is 0 Å². The first-order valence-electron chi connectivity index (χ1n) is 10.8. The second-order valence-electron chi connectivity index (χ2n) is 8.20. The van der Waals surface area contributed by atoms with Crippen LogP contribution in [-0.4, -0.2) is 56.2 Å². The topological polar surface area (TPSA) is 104 Å². The summed E-state index contributed by atoms with van der Waals surface area (Å²) < 4.78 is 30.4. The molecule has 0 unspecified atom stereocenters. The summed E-state index contributed by atoms with van der Waals surface area (Å²) in [6, 6.07) is 5.32. The van der Waals surface area contributed by atoms with Crippen LogP contribution < -0.4 is 10.2 Å². The molecule has 11 heteroatoms. The zero-order valence-electron chi connectivity index (χ0n) is 18.4. The van der Waals surface area contributed by atoms with Crippen LogP contribution in [-0.2, 0) is 13.0 Å². The van der Waals surface area contributed by atoms with Gasteiger partial charge in [0.1, 0.15) is 11.6 Å². The van der Waals surface area contributed by atoms with Gasteiger partial charge in [0.2, 0.25) is 0 Å². The minimum atomic E-state index is -0.677. The highest BCUT2D eigenvalue weighted by Gasteiger charge is 2.31. The number of anilines is 2. The summed E-state index contributed by atoms with van der Waals surface area (Å²) >= 11 is 6.13. The van der Waals surface area contributed by atoms with Gasteiger partial charge in [-0.1, -0.05) is 17.7 Å². The first-order valence-corrected chi connectivity index (χ1v) is 11.2. The molecule has 0 fully saturated rings. The van der Waals surface area contributed by atoms with E-state index in [-0.39, 0.29) is 48.2 Å². The standard InChI is InChI=1S/C23H24ClF2N5O3/c1-13(33)7-14(12-32)29-22-8-21(19(26)10-27-22)30-6-5-20-15(23(30)34)9-28-31(20)11-16-17(24)3-2-4-18(16)25/h2-4,8-10,13-14,32-33H,5-7,11-12H2,1H3,(H,27,29)/t13-,14+/m1/s1. The van der Waals surface area contributed by atoms with E-state index in [1.165, 1.54) is 34.0 Å². The van der Waals surface area contributed by atoms with E-state index in [0.29, 0.717) is 17.7 Å². The van der Waals surface area contributed by atoms with Crippen LogP contribution in [0, 0.1) is 11.6 Å². The van der Waals surface area contributed by atoms with Crippen molar-refractivity contribution < 1.29 is 23.8 Å². The van der Waals surface area contributed by atoms with Gasteiger partial charge >= 0.3 is 0 Å². The van der Waals surface area contributed by atoms with Gasteiger partial charge in [-0.25, -0.2) is 13.8 Å². The van der Waals surface area contributed by atoms with Gasteiger partial charge in [-0.2, -0.15) is 5.10 Å². The summed E-state index contributed by atoms with van der Waals surface area (Å²) in [5, 5.41) is 26.6. The van der Waals surface area contributed by atoms with E-state index >= 15 is 0 Å². The fourth-order valence-corrected chi connectivity index (χ4v) is 4.25. The number of carbonyl (C=O) groups excluding carboxylic acids is 1. The molecule has 34 heavy (non-hydrogen) atoms. The lowest BCUT2D eigenvalue weighted by molar-refractivity contribution is 0.0979. The lowest BCUT2D eigenvalue weighted by Crippen LogP contribution is -2.38. The number of rotatable bonds is 8. The fraction of sp³-hybridized carbons (Fsp3) is 0.348. The van der Waals surface area contributed by atoms with Crippen LogP contribution in [0.2, 0.25) is 5.02 Å². The molecule has 8 nitrogen and oxygen atoms in total. The van der Waals surface area contributed by atoms with Crippen molar-refractivity contribution in [2.24, 2.45) is 0 Å². The fourth-order valence-electron chi connectivity index (χ4n) is 4.03. The number of pyridine rings is 1. The number of hydrogen-bond acceptors (Lipinski definition) is 6. The Morgan fingerprint density at radius 2 is 2.06 bits per heavy atom. The average molecular weight is 492 g/mol. The van der Waals surface area contributed by atoms with Crippen LogP contribution in [0.1, 0.15) is 35.0 Å². The van der Waals surface area contributed by atoms with Gasteiger partial charge in [0, 0.05) is 29.6 Å². The molecular weight excluding hydrogens is 468 g/mol. The van der Waals surface area contributed by atoms with Crippen LogP contribution in [0.15, 0.2) is 36.7 Å². The molecule has 0 spiro atoms. The summed E-state index contributed by atoms with van der Waals surface area (Å²) in [6.45, 7) is 1.59. The Morgan fingerprint density at radius 3 is 2.76 bits per heavy atom. The Labute approximate surface area is 199 Å². The predicted octanol–water partition coefficient (Wildman–Crippen LogP) is 3.00. The summed E-state index contributed by atoms with van der Waals surface area (Å²) in [6.07, 6.45) is 2.38. The molecular formula is C23H24ClF2N5O3. The second-order valence-corrected chi connectivity index (χ2v) is 8.61. The molecule has 0 aliphatic carbocycles. The van der Waals surface area contributed by atoms with Crippen molar-refractivity contribution in [3.8, 4) is 0 Å². The van der Waals surface area contributed by atoms with Crippen LogP contribution in [0.5, 0.6) is 0 Å². The molecule has 1 amide bonds. The lowest BCUT2D eigenvalue weighted by atomic mass is 10.1. The number of nitrogens with one attached hydrogen (secondary N) is 1. The minimum absolute atomic E-state index is 0.0341. The Morgan fingerprint density at radius 1 is 1.26 bits per heavy atom. The number of hydrogen-bond donors (Lipinski definition) is 3. The maximum atomic E-state index is 14.7. The van der Waals surface area contributed by atoms with E-state index in [1.54, 1.807) is 13.0 Å². The molecule has 0 bridgehead atoms. The Kier molecular flexibility index (Phi) is 7.11. The largest absolute Gasteiger partial charge is 0.394 e. The van der Waals surface area contributed by atoms with Crippen molar-refractivity contribution in [3.63, 3.8) is 0 Å². The quantitative estimate of drug-likeness (QED) is 0.447. The molecule has 1 aliphatic heterocycles. The van der Waals surface area contributed by atoms with Gasteiger partial charge in [-0.3, -0.25) is 9.48 Å². The van der Waals surface area contributed by atoms with Gasteiger partial charge in [0.05, 0.1) is 54.6 Å². The van der Waals surface area contributed by atoms with Crippen molar-refractivity contribution in [2.45, 2.75) is 38.5 Å². The van der Waals surface area contributed by atoms with Crippen LogP contribution in [0.25, 0.3) is 0 Å². The van der Waals surface area contributed by atoms with E-state index in [1.807, 2.05) is 0 Å². The summed E-state index contributed by atoms with van der Waals surface area (Å²) in [5.41, 5.74) is 1.22. The lowest BCUT2D eigenvalue weighted by Gasteiger charge is -2.28. The van der Waals surface area contributed by atoms with Gasteiger partial charge in [0.25, 0.3) is 5.91 Å². The van der Waals surface area contributed by atoms with Crippen LogP contribution >= 0.6 is 11.6 Å². The molecule has 3 N–H and O–H groups in total. The summed E-state index contributed by atoms with van der Waals surface area (Å²) in [5.74, 6) is -1.31. The highest BCUT2D eigenvalue weighted by Crippen LogP contribution is 2.29. The van der Waals surface area contributed by atoms with Gasteiger partial charge < -0.3 is 20.4 Å². The van der Waals surface area contributed by atoms with E-state index in [2.05, 4.69) is 15.4 Å². The smallest absolute Gasteiger partial charge is 0.261 e. The molecule has 0 saturated heterocycles. The molecule has 180 valence electrons. The van der Waals surface area contributed by atoms with Crippen molar-refractivity contribution in [3.05, 3.63) is 70.1 Å². The number of nitrogens with zero attached hydrogens (tertiary/aromatic N) is 4. The Bertz CT molecular complexity index is 1180. The number of benzene rings is 1. The number of aliphatic hydroxyl groups excluding tert-OH is 2. The van der Waals surface area contributed by atoms with Gasteiger partial charge in [0.15, 0.2) is 5.82 Å². The number of aliphatic hydroxyl groups is 2. The normalized spacial score (nSPS) is 15.2. The number of aromatic nitrogens is 3. The summed E-state index contributed by atoms with van der Waals surface area (Å²) in [4.78, 5) is 18.5. The highest BCUT2D eigenvalue weighted by atomic mass is 35.5. The monoisotopic (exact) mass is 491 g/mol. The third-order valence-electron chi connectivity index (χ3n) is 5.69. The third kappa shape index (κ3) is 4.89. The average Bonchev–Trinajstić information content (AvgIpc) is 3.21. The van der Waals surface area contributed by atoms with E-state index in [9.17, 15) is 23.8 Å². The van der Waals surface area contributed by atoms with E-state index < -0.39 is 29.7 Å². The first kappa shape index (κ1) is 24.1. The first-order chi connectivity index (χ1) is 16.3. The maximum Gasteiger partial charge on any atom is 0.261 e. The number of halogens is 3. The third-order valence-corrected chi connectivity index (χ3v) is 6.04. The number of carbonyl (C=O) groups is 1. The molecule has 3 heterocycles. The van der Waals surface area contributed by atoms with Gasteiger partial charge in [-0.15, -0.1) is 0 Å². The molecule has 2 atom stereocenters. The molecule has 0 radical (unpaired) electrons. The number of fused-ring (bicyclic) bond motifs is 1. The van der Waals surface area contributed by atoms with Crippen molar-refractivity contribution >= 4 is 29.0 Å². The zero-order chi connectivity index (χ0) is 24.4. The van der Waals surface area contributed by atoms with E-state index in [0.717, 1.165) is 6.20 Å². The number of amides is 1. The van der Waals surface area contributed by atoms with Crippen LogP contribution in [0.4, 0.5) is 20.3 Å². The minimum Gasteiger partial charge on any atom is -0.394 e. The van der Waals surface area contributed by atoms with Crippen LogP contribution in [0.3, 0.4) is 0 Å². The Hall–Kier alpha value is -3.08. The van der Waals surface area contributed by atoms with Gasteiger partial charge in [-0.05, 0) is 25.5 Å². The predicted molar refractivity (Wildman–Crippen MR) is 123 cm³/mol. The van der Waals surface area contributed by atoms with Crippen molar-refractivity contribution in [1.82, 2.24) is 14.8 Å². The summed E-state index contributed by atoms with van der Waals surface area (Å²) in [7, 11) is 0. The zero-order valence-corrected chi connectivity index (χ0v) is 19.1. The Balaban J connectivity index is 1.57. The molecule has 4 rings (SSSR count). The molecule has 1 aliphatic rings. The second kappa shape index (κ2) is 10.0.